The van der Waals surface area contributed by atoms with E-state index in [-0.39, 0.29) is 0 Å². The lowest BCUT2D eigenvalue weighted by atomic mass is 9.86. The first-order chi connectivity index (χ1) is 13.4. The van der Waals surface area contributed by atoms with Crippen molar-refractivity contribution in [3.63, 3.8) is 0 Å². The molecule has 1 heteroatoms. The van der Waals surface area contributed by atoms with Crippen LogP contribution in [0, 0.1) is 6.92 Å². The molecule has 0 aliphatic heterocycles. The molecule has 0 saturated carbocycles. The molecule has 0 saturated heterocycles. The predicted molar refractivity (Wildman–Crippen MR) is 129 cm³/mol. The van der Waals surface area contributed by atoms with Gasteiger partial charge in [-0.3, -0.25) is 0 Å². The molecule has 2 aromatic carbocycles. The largest absolute Gasteiger partial charge is 0.143 e. The van der Waals surface area contributed by atoms with Crippen molar-refractivity contribution < 1.29 is 0 Å². The van der Waals surface area contributed by atoms with Gasteiger partial charge in [-0.25, -0.2) is 0 Å². The molecule has 0 unspecified atom stereocenters. The summed E-state index contributed by atoms with van der Waals surface area (Å²) >= 11 is 4.66. The monoisotopic (exact) mass is 386 g/mol. The van der Waals surface area contributed by atoms with E-state index in [4.69, 9.17) is 0 Å². The van der Waals surface area contributed by atoms with Gasteiger partial charge in [-0.05, 0) is 60.6 Å². The fraction of sp³-hybridized carbons (Fsp3) is 0.185. The van der Waals surface area contributed by atoms with Gasteiger partial charge in [0.05, 0.1) is 0 Å². The van der Waals surface area contributed by atoms with E-state index < -0.39 is 0 Å². The van der Waals surface area contributed by atoms with Crippen LogP contribution in [-0.2, 0) is 6.42 Å². The summed E-state index contributed by atoms with van der Waals surface area (Å²) in [6.07, 6.45) is 7.20. The van der Waals surface area contributed by atoms with Crippen molar-refractivity contribution in [3.05, 3.63) is 124 Å². The molecule has 0 aliphatic carbocycles. The first kappa shape index (κ1) is 21.8. The number of hydrogen-bond acceptors (Lipinski definition) is 1. The fourth-order valence-electron chi connectivity index (χ4n) is 3.10. The quantitative estimate of drug-likeness (QED) is 0.363. The third-order valence-electron chi connectivity index (χ3n) is 4.90. The summed E-state index contributed by atoms with van der Waals surface area (Å²) < 4.78 is 0. The molecule has 0 radical (unpaired) electrons. The van der Waals surface area contributed by atoms with Crippen LogP contribution in [0.25, 0.3) is 5.57 Å². The second kappa shape index (κ2) is 10.1. The second-order valence-electron chi connectivity index (χ2n) is 6.96. The summed E-state index contributed by atoms with van der Waals surface area (Å²) in [6, 6.07) is 17.1. The molecule has 0 nitrogen and oxygen atoms in total. The average Bonchev–Trinajstić information content (AvgIpc) is 2.70. The van der Waals surface area contributed by atoms with E-state index in [9.17, 15) is 0 Å². The Balaban J connectivity index is 2.83. The van der Waals surface area contributed by atoms with E-state index in [0.29, 0.717) is 4.91 Å². The number of allylic oxidation sites excluding steroid dienone is 6. The topological polar surface area (TPSA) is 0 Å². The maximum Gasteiger partial charge on any atom is 0.00528 e. The van der Waals surface area contributed by atoms with Crippen molar-refractivity contribution in [1.82, 2.24) is 0 Å². The Bertz CT molecular complexity index is 953. The Labute approximate surface area is 176 Å². The molecule has 2 rings (SSSR count). The second-order valence-corrected chi connectivity index (χ2v) is 7.50. The summed E-state index contributed by atoms with van der Waals surface area (Å²) in [4.78, 5) is 0.716. The number of aryl methyl sites for hydroxylation is 2. The lowest BCUT2D eigenvalue weighted by Gasteiger charge is -2.19. The molecule has 0 spiro atoms. The van der Waals surface area contributed by atoms with E-state index in [0.717, 1.165) is 28.7 Å². The highest BCUT2D eigenvalue weighted by atomic mass is 32.1. The molecule has 144 valence electrons. The highest BCUT2D eigenvalue weighted by Gasteiger charge is 2.17. The van der Waals surface area contributed by atoms with Crippen molar-refractivity contribution in [2.75, 3.05) is 0 Å². The number of rotatable bonds is 7. The molecular formula is C27H30S. The molecule has 0 fully saturated rings. The van der Waals surface area contributed by atoms with Gasteiger partial charge in [-0.2, -0.15) is 0 Å². The van der Waals surface area contributed by atoms with Gasteiger partial charge in [0.2, 0.25) is 0 Å². The third kappa shape index (κ3) is 5.27. The van der Waals surface area contributed by atoms with Crippen LogP contribution in [0.15, 0.2) is 102 Å². The van der Waals surface area contributed by atoms with Crippen LogP contribution in [0.3, 0.4) is 0 Å². The van der Waals surface area contributed by atoms with Gasteiger partial charge >= 0.3 is 0 Å². The van der Waals surface area contributed by atoms with Crippen LogP contribution in [0.2, 0.25) is 0 Å². The number of thiol groups is 1. The average molecular weight is 387 g/mol. The molecule has 28 heavy (non-hydrogen) atoms. The normalized spacial score (nSPS) is 12.8. The van der Waals surface area contributed by atoms with E-state index >= 15 is 0 Å². The first-order valence-electron chi connectivity index (χ1n) is 9.67. The Morgan fingerprint density at radius 2 is 1.71 bits per heavy atom. The van der Waals surface area contributed by atoms with Crippen LogP contribution in [0.5, 0.6) is 0 Å². The van der Waals surface area contributed by atoms with Crippen molar-refractivity contribution >= 4 is 18.2 Å². The molecule has 2 aromatic rings. The minimum absolute atomic E-state index is 0.716. The number of hydrogen-bond donors (Lipinski definition) is 1. The minimum atomic E-state index is 0.716. The summed E-state index contributed by atoms with van der Waals surface area (Å²) in [7, 11) is 0. The van der Waals surface area contributed by atoms with Gasteiger partial charge in [-0.15, -0.1) is 12.6 Å². The molecule has 0 amide bonds. The predicted octanol–water partition coefficient (Wildman–Crippen LogP) is 7.88. The Morgan fingerprint density at radius 1 is 1.04 bits per heavy atom. The zero-order valence-corrected chi connectivity index (χ0v) is 18.3. The molecule has 0 heterocycles. The van der Waals surface area contributed by atoms with E-state index in [1.165, 1.54) is 22.3 Å². The smallest absolute Gasteiger partial charge is 0.00528 e. The minimum Gasteiger partial charge on any atom is -0.143 e. The summed E-state index contributed by atoms with van der Waals surface area (Å²) in [6.45, 7) is 17.0. The standard InChI is InChI=1S/C27H30S/c1-7-19(3)14-15-21(5)26(22(6)28)27(24-12-10-9-11-13-24)25-18-23(8-2)17-16-20(25)4/h7,9-18,28H,5-6,8H2,1-4H3/b15-14+,19-7+,27-26-. The van der Waals surface area contributed by atoms with Gasteiger partial charge in [0.1, 0.15) is 0 Å². The van der Waals surface area contributed by atoms with Gasteiger partial charge in [0.15, 0.2) is 0 Å². The SMILES string of the molecule is C=C(S)/C(C(=C)/C=C/C(C)=C/C)=C(/c1ccccc1)c1cc(CC)ccc1C. The third-order valence-corrected chi connectivity index (χ3v) is 5.13. The molecule has 0 aromatic heterocycles. The zero-order valence-electron chi connectivity index (χ0n) is 17.4. The summed E-state index contributed by atoms with van der Waals surface area (Å²) in [5.74, 6) is 0. The van der Waals surface area contributed by atoms with Crippen LogP contribution in [0.4, 0.5) is 0 Å². The van der Waals surface area contributed by atoms with Crippen LogP contribution in [-0.4, -0.2) is 0 Å². The highest BCUT2D eigenvalue weighted by molar-refractivity contribution is 7.84. The van der Waals surface area contributed by atoms with Crippen molar-refractivity contribution in [1.29, 1.82) is 0 Å². The van der Waals surface area contributed by atoms with E-state index in [1.807, 2.05) is 19.1 Å². The highest BCUT2D eigenvalue weighted by Crippen LogP contribution is 2.37. The van der Waals surface area contributed by atoms with Gasteiger partial charge in [-0.1, -0.05) is 92.4 Å². The van der Waals surface area contributed by atoms with Crippen molar-refractivity contribution in [2.24, 2.45) is 0 Å². The zero-order chi connectivity index (χ0) is 20.7. The Morgan fingerprint density at radius 3 is 2.29 bits per heavy atom. The van der Waals surface area contributed by atoms with Crippen molar-refractivity contribution in [3.8, 4) is 0 Å². The maximum absolute atomic E-state index is 4.66. The molecule has 0 aliphatic rings. The number of benzene rings is 2. The molecule has 0 atom stereocenters. The van der Waals surface area contributed by atoms with Crippen LogP contribution in [0.1, 0.15) is 43.0 Å². The summed E-state index contributed by atoms with van der Waals surface area (Å²) in [5.41, 5.74) is 9.08. The fourth-order valence-corrected chi connectivity index (χ4v) is 3.35. The van der Waals surface area contributed by atoms with Crippen molar-refractivity contribution in [2.45, 2.75) is 34.1 Å². The Kier molecular flexibility index (Phi) is 7.90. The lowest BCUT2D eigenvalue weighted by Crippen LogP contribution is -2.00. The van der Waals surface area contributed by atoms with Crippen LogP contribution < -0.4 is 0 Å². The van der Waals surface area contributed by atoms with Crippen LogP contribution >= 0.6 is 12.6 Å². The summed E-state index contributed by atoms with van der Waals surface area (Å²) in [5, 5.41) is 0. The van der Waals surface area contributed by atoms with Gasteiger partial charge in [0.25, 0.3) is 0 Å². The maximum atomic E-state index is 4.66. The molecular weight excluding hydrogens is 356 g/mol. The Hall–Kier alpha value is -2.51. The van der Waals surface area contributed by atoms with Gasteiger partial charge < -0.3 is 0 Å². The molecule has 0 bridgehead atoms. The van der Waals surface area contributed by atoms with Gasteiger partial charge in [0, 0.05) is 10.5 Å². The lowest BCUT2D eigenvalue weighted by molar-refractivity contribution is 1.13. The molecule has 0 N–H and O–H groups in total. The van der Waals surface area contributed by atoms with E-state index in [1.54, 1.807) is 0 Å². The van der Waals surface area contributed by atoms with E-state index in [2.05, 4.69) is 101 Å². The first-order valence-corrected chi connectivity index (χ1v) is 10.1.